The maximum atomic E-state index is 13.5. The monoisotopic (exact) mass is 534 g/mol. The Balaban J connectivity index is 1.66. The lowest BCUT2D eigenvalue weighted by atomic mass is 9.94. The van der Waals surface area contributed by atoms with Crippen molar-refractivity contribution in [2.75, 3.05) is 18.6 Å². The number of thiazole rings is 1. The van der Waals surface area contributed by atoms with Crippen molar-refractivity contribution in [3.05, 3.63) is 75.3 Å². The summed E-state index contributed by atoms with van der Waals surface area (Å²) in [6, 6.07) is 11.1. The van der Waals surface area contributed by atoms with Crippen LogP contribution >= 0.6 is 11.3 Å². The third-order valence-corrected chi connectivity index (χ3v) is 7.63. The first-order valence-corrected chi connectivity index (χ1v) is 12.9. The number of esters is 1. The number of carbonyl (C=O) groups is 3. The third kappa shape index (κ3) is 4.30. The van der Waals surface area contributed by atoms with E-state index in [-0.39, 0.29) is 34.1 Å². The fraction of sp³-hybridized carbons (Fsp3) is 0.286. The van der Waals surface area contributed by atoms with E-state index in [2.05, 4.69) is 4.98 Å². The summed E-state index contributed by atoms with van der Waals surface area (Å²) < 4.78 is 16.1. The number of amides is 1. The number of anilines is 1. The van der Waals surface area contributed by atoms with Crippen LogP contribution in [-0.2, 0) is 20.7 Å². The van der Waals surface area contributed by atoms with Crippen LogP contribution in [0.15, 0.2) is 48.0 Å². The highest BCUT2D eigenvalue weighted by Gasteiger charge is 2.48. The second kappa shape index (κ2) is 9.94. The van der Waals surface area contributed by atoms with E-state index in [1.54, 1.807) is 56.3 Å². The van der Waals surface area contributed by atoms with Gasteiger partial charge in [-0.1, -0.05) is 23.5 Å². The standard InChI is InChI=1S/C28H26N2O7S/c1-5-36-27(34)25-15(3)29-28(38-25)30-22(16-6-9-19(35-4)10-7-16)21(24(32)26(30)33)23(31)17-8-11-20-18(13-17)12-14(2)37-20/h6-11,13-14,22,31H,5,12H2,1-4H3/t14-,22-/m0/s1. The van der Waals surface area contributed by atoms with E-state index < -0.39 is 23.7 Å². The number of hydrogen-bond donors (Lipinski definition) is 1. The molecule has 0 aliphatic carbocycles. The first kappa shape index (κ1) is 25.5. The maximum Gasteiger partial charge on any atom is 0.350 e. The minimum atomic E-state index is -0.982. The Kier molecular flexibility index (Phi) is 6.66. The quantitative estimate of drug-likeness (QED) is 0.211. The van der Waals surface area contributed by atoms with Gasteiger partial charge in [0.15, 0.2) is 5.13 Å². The molecule has 1 saturated heterocycles. The van der Waals surface area contributed by atoms with E-state index >= 15 is 0 Å². The van der Waals surface area contributed by atoms with E-state index in [1.165, 1.54) is 12.0 Å². The Morgan fingerprint density at radius 1 is 1.21 bits per heavy atom. The van der Waals surface area contributed by atoms with E-state index in [1.807, 2.05) is 6.92 Å². The van der Waals surface area contributed by atoms with Crippen molar-refractivity contribution in [3.63, 3.8) is 0 Å². The molecule has 1 amide bonds. The van der Waals surface area contributed by atoms with Crippen LogP contribution in [0.25, 0.3) is 5.76 Å². The lowest BCUT2D eigenvalue weighted by Crippen LogP contribution is -2.29. The summed E-state index contributed by atoms with van der Waals surface area (Å²) in [4.78, 5) is 45.2. The van der Waals surface area contributed by atoms with Crippen molar-refractivity contribution in [1.82, 2.24) is 4.98 Å². The number of nitrogens with zero attached hydrogens (tertiary/aromatic N) is 2. The molecule has 38 heavy (non-hydrogen) atoms. The van der Waals surface area contributed by atoms with E-state index in [9.17, 15) is 19.5 Å². The van der Waals surface area contributed by atoms with E-state index in [0.29, 0.717) is 29.0 Å². The molecule has 2 aliphatic heterocycles. The highest BCUT2D eigenvalue weighted by molar-refractivity contribution is 7.17. The number of fused-ring (bicyclic) bond motifs is 1. The molecule has 2 aromatic carbocycles. The smallest absolute Gasteiger partial charge is 0.350 e. The minimum absolute atomic E-state index is 0.00834. The molecule has 0 unspecified atom stereocenters. The largest absolute Gasteiger partial charge is 0.507 e. The lowest BCUT2D eigenvalue weighted by Gasteiger charge is -2.23. The average molecular weight is 535 g/mol. The molecule has 0 saturated carbocycles. The van der Waals surface area contributed by atoms with Crippen molar-refractivity contribution in [3.8, 4) is 11.5 Å². The molecule has 3 heterocycles. The topological polar surface area (TPSA) is 115 Å². The number of aliphatic hydroxyl groups is 1. The molecule has 10 heteroatoms. The van der Waals surface area contributed by atoms with Gasteiger partial charge in [-0.3, -0.25) is 14.5 Å². The second-order valence-corrected chi connectivity index (χ2v) is 10.0. The van der Waals surface area contributed by atoms with Crippen LogP contribution in [0.4, 0.5) is 5.13 Å². The highest BCUT2D eigenvalue weighted by atomic mass is 32.1. The summed E-state index contributed by atoms with van der Waals surface area (Å²) in [5.74, 6) is -1.23. The summed E-state index contributed by atoms with van der Waals surface area (Å²) in [6.07, 6.45) is 0.677. The highest BCUT2D eigenvalue weighted by Crippen LogP contribution is 2.44. The molecule has 5 rings (SSSR count). The number of carbonyl (C=O) groups excluding carboxylic acids is 3. The zero-order valence-electron chi connectivity index (χ0n) is 21.3. The Morgan fingerprint density at radius 3 is 2.63 bits per heavy atom. The summed E-state index contributed by atoms with van der Waals surface area (Å²) in [7, 11) is 1.54. The minimum Gasteiger partial charge on any atom is -0.507 e. The average Bonchev–Trinajstić information content (AvgIpc) is 3.55. The maximum absolute atomic E-state index is 13.5. The van der Waals surface area contributed by atoms with Gasteiger partial charge >= 0.3 is 11.9 Å². The van der Waals surface area contributed by atoms with E-state index in [0.717, 1.165) is 22.6 Å². The van der Waals surface area contributed by atoms with Crippen LogP contribution in [0, 0.1) is 6.92 Å². The third-order valence-electron chi connectivity index (χ3n) is 6.50. The number of Topliss-reactive ketones (excluding diaryl/α,β-unsaturated/α-hetero) is 1. The zero-order chi connectivity index (χ0) is 27.1. The number of aromatic nitrogens is 1. The van der Waals surface area contributed by atoms with Gasteiger partial charge in [0.25, 0.3) is 5.78 Å². The normalized spacial score (nSPS) is 19.8. The Hall–Kier alpha value is -4.18. The molecule has 0 radical (unpaired) electrons. The molecule has 1 aromatic heterocycles. The molecule has 9 nitrogen and oxygen atoms in total. The molecule has 0 bridgehead atoms. The molecular formula is C28H26N2O7S. The Morgan fingerprint density at radius 2 is 1.95 bits per heavy atom. The SMILES string of the molecule is CCOC(=O)c1sc(N2C(=O)C(=O)C(=C(O)c3ccc4c(c3)C[C@H](C)O4)[C@@H]2c2ccc(OC)cc2)nc1C. The number of ketones is 1. The molecule has 3 aromatic rings. The van der Waals surface area contributed by atoms with Gasteiger partial charge in [-0.25, -0.2) is 9.78 Å². The van der Waals surface area contributed by atoms with Gasteiger partial charge in [-0.2, -0.15) is 0 Å². The number of hydrogen-bond acceptors (Lipinski definition) is 9. The van der Waals surface area contributed by atoms with Crippen molar-refractivity contribution in [1.29, 1.82) is 0 Å². The van der Waals surface area contributed by atoms with Gasteiger partial charge in [0.1, 0.15) is 28.2 Å². The molecule has 1 N–H and O–H groups in total. The number of aryl methyl sites for hydroxylation is 1. The van der Waals surface area contributed by atoms with Gasteiger partial charge in [-0.15, -0.1) is 0 Å². The molecule has 0 spiro atoms. The predicted octanol–water partition coefficient (Wildman–Crippen LogP) is 4.59. The lowest BCUT2D eigenvalue weighted by molar-refractivity contribution is -0.132. The van der Waals surface area contributed by atoms with Gasteiger partial charge in [0, 0.05) is 12.0 Å². The van der Waals surface area contributed by atoms with Crippen molar-refractivity contribution >= 4 is 39.9 Å². The summed E-state index contributed by atoms with van der Waals surface area (Å²) >= 11 is 0.965. The van der Waals surface area contributed by atoms with Crippen molar-refractivity contribution in [2.45, 2.75) is 39.3 Å². The van der Waals surface area contributed by atoms with Crippen LogP contribution in [0.1, 0.15) is 51.9 Å². The van der Waals surface area contributed by atoms with Crippen molar-refractivity contribution in [2.24, 2.45) is 0 Å². The van der Waals surface area contributed by atoms with Crippen LogP contribution < -0.4 is 14.4 Å². The fourth-order valence-electron chi connectivity index (χ4n) is 4.73. The second-order valence-electron chi connectivity index (χ2n) is 9.03. The Bertz CT molecular complexity index is 1470. The van der Waals surface area contributed by atoms with Crippen LogP contribution in [0.3, 0.4) is 0 Å². The molecular weight excluding hydrogens is 508 g/mol. The summed E-state index contributed by atoms with van der Waals surface area (Å²) in [6.45, 7) is 5.48. The van der Waals surface area contributed by atoms with Gasteiger partial charge < -0.3 is 19.3 Å². The first-order valence-electron chi connectivity index (χ1n) is 12.1. The fourth-order valence-corrected chi connectivity index (χ4v) is 5.71. The van der Waals surface area contributed by atoms with Crippen LogP contribution in [0.2, 0.25) is 0 Å². The number of aliphatic hydroxyl groups excluding tert-OH is 1. The van der Waals surface area contributed by atoms with E-state index in [4.69, 9.17) is 14.2 Å². The molecule has 2 atom stereocenters. The number of benzene rings is 2. The molecule has 196 valence electrons. The van der Waals surface area contributed by atoms with Gasteiger partial charge in [0.05, 0.1) is 31.0 Å². The summed E-state index contributed by atoms with van der Waals surface area (Å²) in [5.41, 5.74) is 2.19. The van der Waals surface area contributed by atoms with Crippen molar-refractivity contribution < 1.29 is 33.7 Å². The molecule has 2 aliphatic rings. The van der Waals surface area contributed by atoms with Gasteiger partial charge in [-0.05, 0) is 62.2 Å². The van der Waals surface area contributed by atoms with Gasteiger partial charge in [0.2, 0.25) is 0 Å². The number of ether oxygens (including phenoxy) is 3. The number of methoxy groups -OCH3 is 1. The number of rotatable bonds is 6. The van der Waals surface area contributed by atoms with Crippen LogP contribution in [0.5, 0.6) is 11.5 Å². The molecule has 1 fully saturated rings. The summed E-state index contributed by atoms with van der Waals surface area (Å²) in [5, 5.41) is 11.6. The predicted molar refractivity (Wildman–Crippen MR) is 141 cm³/mol. The zero-order valence-corrected chi connectivity index (χ0v) is 22.1. The van der Waals surface area contributed by atoms with Crippen LogP contribution in [-0.4, -0.2) is 47.6 Å². The Labute approximate surface area is 223 Å². The first-order chi connectivity index (χ1) is 18.2.